The molecule has 1 aromatic carbocycles. The van der Waals surface area contributed by atoms with E-state index in [0.717, 1.165) is 0 Å². The van der Waals surface area contributed by atoms with Crippen LogP contribution in [0.5, 0.6) is 0 Å². The number of amides is 1. The van der Waals surface area contributed by atoms with E-state index in [-0.39, 0.29) is 24.4 Å². The maximum atomic E-state index is 12.8. The van der Waals surface area contributed by atoms with Gasteiger partial charge < -0.3 is 11.1 Å². The summed E-state index contributed by atoms with van der Waals surface area (Å²) in [5.74, 6) is -0.739. The molecular weight excluding hydrogens is 283 g/mol. The van der Waals surface area contributed by atoms with Gasteiger partial charge in [0.2, 0.25) is 0 Å². The molecule has 0 bridgehead atoms. The second-order valence-electron chi connectivity index (χ2n) is 5.15. The summed E-state index contributed by atoms with van der Waals surface area (Å²) in [6.45, 7) is 0. The van der Waals surface area contributed by atoms with Crippen molar-refractivity contribution >= 4 is 22.5 Å². The Kier molecular flexibility index (Phi) is 2.82. The first kappa shape index (κ1) is 13.7. The highest BCUT2D eigenvalue weighted by Crippen LogP contribution is 2.49. The van der Waals surface area contributed by atoms with Crippen molar-refractivity contribution in [2.45, 2.75) is 24.6 Å². The predicted octanol–water partition coefficient (Wildman–Crippen LogP) is 2.64. The van der Waals surface area contributed by atoms with Gasteiger partial charge in [0.1, 0.15) is 17.1 Å². The van der Waals surface area contributed by atoms with Gasteiger partial charge in [-0.15, -0.1) is 0 Å². The third-order valence-electron chi connectivity index (χ3n) is 3.65. The first-order valence-corrected chi connectivity index (χ1v) is 6.37. The van der Waals surface area contributed by atoms with Gasteiger partial charge in [-0.05, 0) is 24.3 Å². The first-order valence-electron chi connectivity index (χ1n) is 6.37. The third kappa shape index (κ3) is 2.28. The van der Waals surface area contributed by atoms with Crippen LogP contribution in [0.3, 0.4) is 0 Å². The SMILES string of the molecule is Nc1nc(C(=O)NC2(C(F)(F)F)CC2)cc2ccccc12. The summed E-state index contributed by atoms with van der Waals surface area (Å²) in [7, 11) is 0. The van der Waals surface area contributed by atoms with E-state index < -0.39 is 17.6 Å². The number of nitrogens with one attached hydrogen (secondary N) is 1. The minimum absolute atomic E-state index is 0.106. The summed E-state index contributed by atoms with van der Waals surface area (Å²) in [6.07, 6.45) is -4.67. The van der Waals surface area contributed by atoms with Crippen LogP contribution in [0.2, 0.25) is 0 Å². The molecule has 1 aliphatic rings. The number of pyridine rings is 1. The van der Waals surface area contributed by atoms with Crippen molar-refractivity contribution in [2.75, 3.05) is 5.73 Å². The lowest BCUT2D eigenvalue weighted by molar-refractivity contribution is -0.163. The molecule has 0 unspecified atom stereocenters. The number of hydrogen-bond donors (Lipinski definition) is 2. The average molecular weight is 295 g/mol. The highest BCUT2D eigenvalue weighted by atomic mass is 19.4. The van der Waals surface area contributed by atoms with Gasteiger partial charge in [-0.2, -0.15) is 13.2 Å². The lowest BCUT2D eigenvalue weighted by atomic mass is 10.1. The normalized spacial score (nSPS) is 16.7. The molecule has 1 fully saturated rings. The molecule has 0 radical (unpaired) electrons. The van der Waals surface area contributed by atoms with E-state index in [9.17, 15) is 18.0 Å². The first-order chi connectivity index (χ1) is 9.82. The molecular formula is C14H12F3N3O. The second-order valence-corrected chi connectivity index (χ2v) is 5.15. The van der Waals surface area contributed by atoms with Crippen LogP contribution in [-0.4, -0.2) is 22.6 Å². The van der Waals surface area contributed by atoms with Crippen LogP contribution in [0.15, 0.2) is 30.3 Å². The van der Waals surface area contributed by atoms with Gasteiger partial charge >= 0.3 is 6.18 Å². The maximum Gasteiger partial charge on any atom is 0.411 e. The molecule has 4 nitrogen and oxygen atoms in total. The summed E-state index contributed by atoms with van der Waals surface area (Å²) in [5, 5.41) is 3.35. The zero-order chi connectivity index (χ0) is 15.3. The highest BCUT2D eigenvalue weighted by Gasteiger charge is 2.64. The average Bonchev–Trinajstić information content (AvgIpc) is 3.19. The molecule has 3 N–H and O–H groups in total. The monoisotopic (exact) mass is 295 g/mol. The minimum Gasteiger partial charge on any atom is -0.383 e. The van der Waals surface area contributed by atoms with Crippen molar-refractivity contribution in [3.05, 3.63) is 36.0 Å². The summed E-state index contributed by atoms with van der Waals surface area (Å²) in [6, 6.07) is 8.41. The van der Waals surface area contributed by atoms with Crippen molar-refractivity contribution in [3.63, 3.8) is 0 Å². The summed E-state index contributed by atoms with van der Waals surface area (Å²) in [4.78, 5) is 15.9. The van der Waals surface area contributed by atoms with Crippen molar-refractivity contribution in [1.82, 2.24) is 10.3 Å². The molecule has 7 heteroatoms. The Morgan fingerprint density at radius 1 is 1.29 bits per heavy atom. The quantitative estimate of drug-likeness (QED) is 0.895. The summed E-state index contributed by atoms with van der Waals surface area (Å²) in [5.41, 5.74) is 3.53. The molecule has 2 aromatic rings. The van der Waals surface area contributed by atoms with E-state index in [0.29, 0.717) is 10.8 Å². The van der Waals surface area contributed by atoms with Crippen LogP contribution >= 0.6 is 0 Å². The van der Waals surface area contributed by atoms with E-state index in [1.165, 1.54) is 6.07 Å². The molecule has 0 spiro atoms. The summed E-state index contributed by atoms with van der Waals surface area (Å²) >= 11 is 0. The van der Waals surface area contributed by atoms with Crippen LogP contribution in [0, 0.1) is 0 Å². The predicted molar refractivity (Wildman–Crippen MR) is 71.6 cm³/mol. The van der Waals surface area contributed by atoms with Crippen LogP contribution in [0.1, 0.15) is 23.3 Å². The number of nitrogen functional groups attached to an aromatic ring is 1. The molecule has 0 atom stereocenters. The molecule has 0 saturated heterocycles. The molecule has 1 saturated carbocycles. The number of benzene rings is 1. The van der Waals surface area contributed by atoms with Gasteiger partial charge in [-0.3, -0.25) is 4.79 Å². The van der Waals surface area contributed by atoms with E-state index >= 15 is 0 Å². The van der Waals surface area contributed by atoms with Gasteiger partial charge in [0, 0.05) is 5.39 Å². The molecule has 1 heterocycles. The van der Waals surface area contributed by atoms with E-state index in [4.69, 9.17) is 5.73 Å². The number of alkyl halides is 3. The highest BCUT2D eigenvalue weighted by molar-refractivity contribution is 6.00. The molecule has 3 rings (SSSR count). The number of aromatic nitrogens is 1. The number of carbonyl (C=O) groups excluding carboxylic acids is 1. The molecule has 0 aliphatic heterocycles. The zero-order valence-electron chi connectivity index (χ0n) is 10.9. The fourth-order valence-corrected chi connectivity index (χ4v) is 2.23. The largest absolute Gasteiger partial charge is 0.411 e. The Bertz CT molecular complexity index is 723. The second kappa shape index (κ2) is 4.34. The fraction of sp³-hybridized carbons (Fsp3) is 0.286. The standard InChI is InChI=1S/C14H12F3N3O/c15-14(16,17)13(5-6-13)20-12(21)10-7-8-3-1-2-4-9(8)11(18)19-10/h1-4,7H,5-6H2,(H2,18,19)(H,20,21). The Hall–Kier alpha value is -2.31. The Morgan fingerprint density at radius 3 is 2.57 bits per heavy atom. The summed E-state index contributed by atoms with van der Waals surface area (Å²) < 4.78 is 38.5. The van der Waals surface area contributed by atoms with Crippen LogP contribution < -0.4 is 11.1 Å². The lowest BCUT2D eigenvalue weighted by Crippen LogP contribution is -2.48. The zero-order valence-corrected chi connectivity index (χ0v) is 10.9. The minimum atomic E-state index is -4.45. The van der Waals surface area contributed by atoms with E-state index in [1.54, 1.807) is 24.3 Å². The number of carbonyl (C=O) groups is 1. The number of nitrogens with two attached hydrogens (primary N) is 1. The van der Waals surface area contributed by atoms with Gasteiger partial charge in [-0.25, -0.2) is 4.98 Å². The molecule has 1 aromatic heterocycles. The topological polar surface area (TPSA) is 68.0 Å². The van der Waals surface area contributed by atoms with Gasteiger partial charge in [-0.1, -0.05) is 24.3 Å². The lowest BCUT2D eigenvalue weighted by Gasteiger charge is -2.20. The smallest absolute Gasteiger partial charge is 0.383 e. The fourth-order valence-electron chi connectivity index (χ4n) is 2.23. The van der Waals surface area contributed by atoms with Crippen LogP contribution in [0.25, 0.3) is 10.8 Å². The molecule has 1 aliphatic carbocycles. The van der Waals surface area contributed by atoms with Gasteiger partial charge in [0.05, 0.1) is 0 Å². The van der Waals surface area contributed by atoms with Gasteiger partial charge in [0.15, 0.2) is 0 Å². The third-order valence-corrected chi connectivity index (χ3v) is 3.65. The number of fused-ring (bicyclic) bond motifs is 1. The van der Waals surface area contributed by atoms with E-state index in [1.807, 2.05) is 5.32 Å². The van der Waals surface area contributed by atoms with Crippen LogP contribution in [0.4, 0.5) is 19.0 Å². The maximum absolute atomic E-state index is 12.8. The molecule has 21 heavy (non-hydrogen) atoms. The number of hydrogen-bond acceptors (Lipinski definition) is 3. The van der Waals surface area contributed by atoms with Crippen LogP contribution in [-0.2, 0) is 0 Å². The van der Waals surface area contributed by atoms with Crippen molar-refractivity contribution < 1.29 is 18.0 Å². The van der Waals surface area contributed by atoms with Gasteiger partial charge in [0.25, 0.3) is 5.91 Å². The Balaban J connectivity index is 1.92. The number of anilines is 1. The van der Waals surface area contributed by atoms with Crippen molar-refractivity contribution in [2.24, 2.45) is 0 Å². The Labute approximate surface area is 118 Å². The Morgan fingerprint density at radius 2 is 1.95 bits per heavy atom. The molecule has 1 amide bonds. The number of rotatable bonds is 2. The number of halogens is 3. The van der Waals surface area contributed by atoms with Crippen molar-refractivity contribution in [1.29, 1.82) is 0 Å². The van der Waals surface area contributed by atoms with Crippen molar-refractivity contribution in [3.8, 4) is 0 Å². The van der Waals surface area contributed by atoms with E-state index in [2.05, 4.69) is 4.98 Å². The number of nitrogens with zero attached hydrogens (tertiary/aromatic N) is 1. The molecule has 110 valence electrons.